The van der Waals surface area contributed by atoms with Crippen LogP contribution in [-0.2, 0) is 16.0 Å². The Labute approximate surface area is 211 Å². The van der Waals surface area contributed by atoms with Crippen molar-refractivity contribution in [1.82, 2.24) is 9.80 Å². The lowest BCUT2D eigenvalue weighted by atomic mass is 9.86. The van der Waals surface area contributed by atoms with Crippen LogP contribution in [0.15, 0.2) is 24.3 Å². The van der Waals surface area contributed by atoms with Gasteiger partial charge in [-0.05, 0) is 74.6 Å². The minimum Gasteiger partial charge on any atom is -0.504 e. The van der Waals surface area contributed by atoms with Gasteiger partial charge in [-0.3, -0.25) is 9.59 Å². The van der Waals surface area contributed by atoms with E-state index in [1.54, 1.807) is 29.1 Å². The summed E-state index contributed by atoms with van der Waals surface area (Å²) in [7, 11) is 1.68. The van der Waals surface area contributed by atoms with Gasteiger partial charge in [-0.2, -0.15) is 0 Å². The molecule has 36 heavy (non-hydrogen) atoms. The number of phenolic OH excluding ortho intramolecular Hbond substituents is 2. The maximum absolute atomic E-state index is 13.6. The van der Waals surface area contributed by atoms with Crippen molar-refractivity contribution in [1.29, 1.82) is 0 Å². The fourth-order valence-corrected chi connectivity index (χ4v) is 5.07. The molecule has 1 fully saturated rings. The highest BCUT2D eigenvalue weighted by Crippen LogP contribution is 2.44. The fraction of sp³-hybridized carbons (Fsp3) is 0.429. The van der Waals surface area contributed by atoms with E-state index in [2.05, 4.69) is 0 Å². The van der Waals surface area contributed by atoms with Crippen molar-refractivity contribution in [3.05, 3.63) is 52.1 Å². The van der Waals surface area contributed by atoms with Crippen LogP contribution in [0.4, 0.5) is 0 Å². The Kier molecular flexibility index (Phi) is 6.89. The van der Waals surface area contributed by atoms with Crippen LogP contribution in [0.5, 0.6) is 23.0 Å². The van der Waals surface area contributed by atoms with Gasteiger partial charge in [-0.15, -0.1) is 0 Å². The number of hydrogen-bond acceptors (Lipinski definition) is 6. The molecule has 0 radical (unpaired) electrons. The molecule has 2 N–H and O–H groups in total. The number of nitrogens with zero attached hydrogens (tertiary/aromatic N) is 2. The minimum atomic E-state index is -0.960. The number of phenols is 2. The smallest absolute Gasteiger partial charge is 0.266 e. The van der Waals surface area contributed by atoms with Crippen molar-refractivity contribution in [2.24, 2.45) is 0 Å². The largest absolute Gasteiger partial charge is 0.504 e. The van der Waals surface area contributed by atoms with Gasteiger partial charge in [-0.1, -0.05) is 6.07 Å². The summed E-state index contributed by atoms with van der Waals surface area (Å²) in [6.07, 6.45) is 4.34. The highest BCUT2D eigenvalue weighted by atomic mass is 16.5. The Morgan fingerprint density at radius 2 is 1.67 bits per heavy atom. The topological polar surface area (TPSA) is 99.5 Å². The van der Waals surface area contributed by atoms with Gasteiger partial charge in [0, 0.05) is 44.2 Å². The highest BCUT2D eigenvalue weighted by molar-refractivity contribution is 5.92. The second-order valence-corrected chi connectivity index (χ2v) is 9.75. The summed E-state index contributed by atoms with van der Waals surface area (Å²) >= 11 is 0. The van der Waals surface area contributed by atoms with Gasteiger partial charge in [-0.25, -0.2) is 0 Å². The molecule has 1 unspecified atom stereocenters. The molecule has 1 saturated heterocycles. The molecule has 0 bridgehead atoms. The zero-order chi connectivity index (χ0) is 26.2. The number of methoxy groups -OCH3 is 1. The predicted molar refractivity (Wildman–Crippen MR) is 137 cm³/mol. The van der Waals surface area contributed by atoms with E-state index >= 15 is 0 Å². The zero-order valence-corrected chi connectivity index (χ0v) is 21.6. The second kappa shape index (κ2) is 9.76. The van der Waals surface area contributed by atoms with Crippen molar-refractivity contribution in [2.75, 3.05) is 33.3 Å². The second-order valence-electron chi connectivity index (χ2n) is 9.75. The molecular formula is C28H34N2O6. The number of fused-ring (bicyclic) bond motifs is 1. The number of carbonyl (C=O) groups excluding carboxylic acids is 2. The molecule has 4 rings (SSSR count). The van der Waals surface area contributed by atoms with Crippen molar-refractivity contribution >= 4 is 17.9 Å². The number of carbonyl (C=O) groups is 2. The third-order valence-corrected chi connectivity index (χ3v) is 7.44. The number of rotatable bonds is 4. The summed E-state index contributed by atoms with van der Waals surface area (Å²) in [4.78, 5) is 29.7. The first-order valence-corrected chi connectivity index (χ1v) is 12.2. The maximum Gasteiger partial charge on any atom is 0.266 e. The number of ether oxygens (including phenoxy) is 2. The molecule has 0 saturated carbocycles. The summed E-state index contributed by atoms with van der Waals surface area (Å²) in [6.45, 7) is 9.63. The van der Waals surface area contributed by atoms with Gasteiger partial charge >= 0.3 is 0 Å². The molecule has 2 heterocycles. The van der Waals surface area contributed by atoms with Gasteiger partial charge in [0.05, 0.1) is 7.11 Å². The van der Waals surface area contributed by atoms with Gasteiger partial charge < -0.3 is 29.5 Å². The molecule has 2 aliphatic heterocycles. The molecule has 0 aromatic heterocycles. The number of hydrogen-bond donors (Lipinski definition) is 2. The predicted octanol–water partition coefficient (Wildman–Crippen LogP) is 3.50. The van der Waals surface area contributed by atoms with Gasteiger partial charge in [0.25, 0.3) is 5.91 Å². The van der Waals surface area contributed by atoms with E-state index in [1.165, 1.54) is 18.2 Å². The van der Waals surface area contributed by atoms with Crippen LogP contribution in [0.2, 0.25) is 0 Å². The molecule has 192 valence electrons. The van der Waals surface area contributed by atoms with E-state index in [0.717, 1.165) is 40.2 Å². The van der Waals surface area contributed by atoms with Gasteiger partial charge in [0.2, 0.25) is 5.91 Å². The fourth-order valence-electron chi connectivity index (χ4n) is 5.07. The lowest BCUT2D eigenvalue weighted by Gasteiger charge is -2.42. The quantitative estimate of drug-likeness (QED) is 0.499. The van der Waals surface area contributed by atoms with Crippen LogP contribution in [-0.4, -0.2) is 70.7 Å². The van der Waals surface area contributed by atoms with Crippen molar-refractivity contribution < 1.29 is 29.3 Å². The first-order valence-electron chi connectivity index (χ1n) is 12.2. The van der Waals surface area contributed by atoms with Gasteiger partial charge in [0.15, 0.2) is 17.1 Å². The maximum atomic E-state index is 13.6. The number of piperazine rings is 1. The average Bonchev–Trinajstić information content (AvgIpc) is 2.87. The molecule has 1 atom stereocenters. The Hall–Kier alpha value is -3.68. The zero-order valence-electron chi connectivity index (χ0n) is 21.6. The van der Waals surface area contributed by atoms with E-state index in [4.69, 9.17) is 9.47 Å². The Morgan fingerprint density at radius 3 is 2.31 bits per heavy atom. The van der Waals surface area contributed by atoms with Crippen LogP contribution >= 0.6 is 0 Å². The molecule has 2 aliphatic rings. The van der Waals surface area contributed by atoms with E-state index in [1.807, 2.05) is 27.7 Å². The summed E-state index contributed by atoms with van der Waals surface area (Å²) in [6, 6.07) is 4.37. The normalized spacial score (nSPS) is 19.7. The molecule has 0 spiro atoms. The van der Waals surface area contributed by atoms with E-state index in [9.17, 15) is 19.8 Å². The van der Waals surface area contributed by atoms with Crippen molar-refractivity contribution in [3.8, 4) is 23.0 Å². The molecule has 2 amide bonds. The standard InChI is InChI=1S/C28H34N2O6/c1-17-18(2)26-21(19(3)25(17)35-5)10-11-28(4,36-26)27(34)30-14-12-29(13-15-30)24(33)9-7-20-6-8-22(31)23(32)16-20/h6-9,16,31-32H,10-15H2,1-5H3/b9-7+. The van der Waals surface area contributed by atoms with Gasteiger partial charge in [0.1, 0.15) is 11.5 Å². The summed E-state index contributed by atoms with van der Waals surface area (Å²) in [5.41, 5.74) is 3.83. The monoisotopic (exact) mass is 494 g/mol. The van der Waals surface area contributed by atoms with E-state index in [0.29, 0.717) is 38.2 Å². The summed E-state index contributed by atoms with van der Waals surface area (Å²) in [5.74, 6) is 0.991. The van der Waals surface area contributed by atoms with E-state index in [-0.39, 0.29) is 23.3 Å². The van der Waals surface area contributed by atoms with E-state index < -0.39 is 5.60 Å². The number of amides is 2. The Bertz CT molecular complexity index is 1230. The number of aromatic hydroxyl groups is 2. The molecule has 8 heteroatoms. The third-order valence-electron chi connectivity index (χ3n) is 7.44. The number of benzene rings is 2. The molecule has 2 aromatic carbocycles. The third kappa shape index (κ3) is 4.59. The van der Waals surface area contributed by atoms with Crippen LogP contribution in [0.3, 0.4) is 0 Å². The molecular weight excluding hydrogens is 460 g/mol. The van der Waals surface area contributed by atoms with Crippen LogP contribution in [0.1, 0.15) is 41.2 Å². The average molecular weight is 495 g/mol. The summed E-state index contributed by atoms with van der Waals surface area (Å²) in [5, 5.41) is 19.0. The Morgan fingerprint density at radius 1 is 1.00 bits per heavy atom. The van der Waals surface area contributed by atoms with Crippen LogP contribution in [0, 0.1) is 20.8 Å². The summed E-state index contributed by atoms with van der Waals surface area (Å²) < 4.78 is 12.0. The first-order chi connectivity index (χ1) is 17.1. The molecule has 0 aliphatic carbocycles. The van der Waals surface area contributed by atoms with Crippen molar-refractivity contribution in [2.45, 2.75) is 46.1 Å². The first kappa shape index (κ1) is 25.4. The minimum absolute atomic E-state index is 0.0547. The molecule has 8 nitrogen and oxygen atoms in total. The Balaban J connectivity index is 1.40. The SMILES string of the molecule is COc1c(C)c(C)c2c(c1C)CCC(C)(C(=O)N1CCN(C(=O)/C=C/c3ccc(O)c(O)c3)CC1)O2. The highest BCUT2D eigenvalue weighted by Gasteiger charge is 2.44. The lowest BCUT2D eigenvalue weighted by molar-refractivity contribution is -0.151. The van der Waals surface area contributed by atoms with Crippen molar-refractivity contribution in [3.63, 3.8) is 0 Å². The lowest BCUT2D eigenvalue weighted by Crippen LogP contribution is -2.58. The van der Waals surface area contributed by atoms with Crippen LogP contribution in [0.25, 0.3) is 6.08 Å². The molecule has 2 aromatic rings. The van der Waals surface area contributed by atoms with Crippen LogP contribution < -0.4 is 9.47 Å².